The van der Waals surface area contributed by atoms with Gasteiger partial charge in [-0.15, -0.1) is 0 Å². The molecule has 2 aromatic rings. The monoisotopic (exact) mass is 337 g/mol. The van der Waals surface area contributed by atoms with Crippen LogP contribution < -0.4 is 10.6 Å². The largest absolute Gasteiger partial charge is 0.397 e. The van der Waals surface area contributed by atoms with Crippen LogP contribution >= 0.6 is 0 Å². The van der Waals surface area contributed by atoms with Crippen molar-refractivity contribution in [1.29, 1.82) is 0 Å². The molecule has 0 aliphatic carbocycles. The molecule has 130 valence electrons. The Labute approximate surface area is 149 Å². The van der Waals surface area contributed by atoms with Gasteiger partial charge in [0.15, 0.2) is 0 Å². The van der Waals surface area contributed by atoms with Crippen LogP contribution in [0.5, 0.6) is 0 Å². The lowest BCUT2D eigenvalue weighted by molar-refractivity contribution is 0.170. The van der Waals surface area contributed by atoms with Crippen LogP contribution in [0, 0.1) is 17.7 Å². The van der Waals surface area contributed by atoms with E-state index < -0.39 is 0 Å². The van der Waals surface area contributed by atoms with Crippen LogP contribution in [-0.4, -0.2) is 37.1 Å². The Hall–Kier alpha value is -2.51. The van der Waals surface area contributed by atoms with Gasteiger partial charge in [-0.25, -0.2) is 4.39 Å². The maximum atomic E-state index is 12.9. The molecule has 3 nitrogen and oxygen atoms in total. The Kier molecular flexibility index (Phi) is 4.96. The number of benzene rings is 2. The molecule has 4 heteroatoms. The molecule has 0 spiro atoms. The van der Waals surface area contributed by atoms with Crippen LogP contribution in [0.25, 0.3) is 0 Å². The number of hydrogen-bond acceptors (Lipinski definition) is 3. The summed E-state index contributed by atoms with van der Waals surface area (Å²) in [6, 6.07) is 13.1. The molecule has 0 aromatic heterocycles. The molecule has 1 heterocycles. The van der Waals surface area contributed by atoms with Crippen molar-refractivity contribution in [2.75, 3.05) is 30.8 Å². The summed E-state index contributed by atoms with van der Waals surface area (Å²) in [6.45, 7) is 6.40. The van der Waals surface area contributed by atoms with Gasteiger partial charge in [-0.2, -0.15) is 0 Å². The molecule has 3 rings (SSSR count). The van der Waals surface area contributed by atoms with Gasteiger partial charge in [0.05, 0.1) is 11.4 Å². The first-order valence-electron chi connectivity index (χ1n) is 8.58. The van der Waals surface area contributed by atoms with Crippen LogP contribution in [0.2, 0.25) is 0 Å². The Morgan fingerprint density at radius 1 is 0.960 bits per heavy atom. The fraction of sp³-hybridized carbons (Fsp3) is 0.333. The summed E-state index contributed by atoms with van der Waals surface area (Å²) < 4.78 is 12.9. The van der Waals surface area contributed by atoms with Crippen molar-refractivity contribution in [2.45, 2.75) is 25.9 Å². The molecule has 0 saturated carbocycles. The summed E-state index contributed by atoms with van der Waals surface area (Å²) in [7, 11) is 2.17. The molecular formula is C21H24FN3. The zero-order valence-corrected chi connectivity index (χ0v) is 15.0. The van der Waals surface area contributed by atoms with Crippen LogP contribution in [-0.2, 0) is 0 Å². The zero-order chi connectivity index (χ0) is 18.0. The summed E-state index contributed by atoms with van der Waals surface area (Å²) in [5, 5.41) is 0. The number of nitrogen functional groups attached to an aromatic ring is 1. The van der Waals surface area contributed by atoms with Crippen LogP contribution in [0.1, 0.15) is 25.0 Å². The Bertz CT molecular complexity index is 792. The summed E-state index contributed by atoms with van der Waals surface area (Å²) >= 11 is 0. The van der Waals surface area contributed by atoms with Crippen molar-refractivity contribution in [3.05, 3.63) is 59.4 Å². The van der Waals surface area contributed by atoms with Gasteiger partial charge in [0.25, 0.3) is 0 Å². The standard InChI is InChI=1S/C21H24FN3/c1-15-13-25(14-16(2)24(15)3)21-11-8-18(12-20(21)23)5-4-17-6-9-19(22)10-7-17/h6-12,15-16H,13-14,23H2,1-3H3/t15-,16+. The van der Waals surface area contributed by atoms with Crippen LogP contribution in [0.4, 0.5) is 15.8 Å². The highest BCUT2D eigenvalue weighted by molar-refractivity contribution is 5.70. The molecule has 0 radical (unpaired) electrons. The van der Waals surface area contributed by atoms with Gasteiger partial charge >= 0.3 is 0 Å². The summed E-state index contributed by atoms with van der Waals surface area (Å²) in [4.78, 5) is 4.75. The first kappa shape index (κ1) is 17.3. The summed E-state index contributed by atoms with van der Waals surface area (Å²) in [5.74, 6) is 5.88. The second kappa shape index (κ2) is 7.16. The number of halogens is 1. The lowest BCUT2D eigenvalue weighted by Crippen LogP contribution is -2.55. The van der Waals surface area contributed by atoms with Gasteiger partial charge in [-0.3, -0.25) is 4.90 Å². The third kappa shape index (κ3) is 3.94. The van der Waals surface area contributed by atoms with E-state index in [2.05, 4.69) is 48.6 Å². The van der Waals surface area contributed by atoms with Gasteiger partial charge in [0.1, 0.15) is 5.82 Å². The predicted molar refractivity (Wildman–Crippen MR) is 102 cm³/mol. The highest BCUT2D eigenvalue weighted by Crippen LogP contribution is 2.27. The molecular weight excluding hydrogens is 313 g/mol. The average Bonchev–Trinajstić information content (AvgIpc) is 2.59. The van der Waals surface area contributed by atoms with Gasteiger partial charge in [-0.05, 0) is 63.4 Å². The molecule has 2 aromatic carbocycles. The maximum absolute atomic E-state index is 12.9. The second-order valence-corrected chi connectivity index (χ2v) is 6.80. The number of anilines is 2. The smallest absolute Gasteiger partial charge is 0.123 e. The highest BCUT2D eigenvalue weighted by Gasteiger charge is 2.27. The third-order valence-corrected chi connectivity index (χ3v) is 4.92. The van der Waals surface area contributed by atoms with Crippen molar-refractivity contribution in [2.24, 2.45) is 0 Å². The lowest BCUT2D eigenvalue weighted by atomic mass is 10.1. The first-order valence-corrected chi connectivity index (χ1v) is 8.58. The van der Waals surface area contributed by atoms with E-state index in [1.165, 1.54) is 12.1 Å². The van der Waals surface area contributed by atoms with E-state index in [4.69, 9.17) is 5.73 Å². The fourth-order valence-corrected chi connectivity index (χ4v) is 3.20. The number of rotatable bonds is 1. The third-order valence-electron chi connectivity index (χ3n) is 4.92. The van der Waals surface area contributed by atoms with E-state index in [0.717, 1.165) is 35.6 Å². The molecule has 1 fully saturated rings. The average molecular weight is 337 g/mol. The predicted octanol–water partition coefficient (Wildman–Crippen LogP) is 3.34. The van der Waals surface area contributed by atoms with E-state index in [0.29, 0.717) is 12.1 Å². The van der Waals surface area contributed by atoms with E-state index in [1.807, 2.05) is 12.1 Å². The van der Waals surface area contributed by atoms with Crippen molar-refractivity contribution in [1.82, 2.24) is 4.90 Å². The quantitative estimate of drug-likeness (QED) is 0.640. The lowest BCUT2D eigenvalue weighted by Gasteiger charge is -2.43. The molecule has 0 unspecified atom stereocenters. The van der Waals surface area contributed by atoms with E-state index in [9.17, 15) is 4.39 Å². The molecule has 1 aliphatic heterocycles. The molecule has 1 saturated heterocycles. The van der Waals surface area contributed by atoms with Crippen LogP contribution in [0.3, 0.4) is 0 Å². The van der Waals surface area contributed by atoms with Gasteiger partial charge in [0.2, 0.25) is 0 Å². The summed E-state index contributed by atoms with van der Waals surface area (Å²) in [5.41, 5.74) is 9.75. The van der Waals surface area contributed by atoms with Crippen molar-refractivity contribution < 1.29 is 4.39 Å². The molecule has 2 N–H and O–H groups in total. The van der Waals surface area contributed by atoms with Crippen LogP contribution in [0.15, 0.2) is 42.5 Å². The number of hydrogen-bond donors (Lipinski definition) is 1. The fourth-order valence-electron chi connectivity index (χ4n) is 3.20. The van der Waals surface area contributed by atoms with E-state index in [-0.39, 0.29) is 5.82 Å². The Balaban J connectivity index is 1.78. The molecule has 0 bridgehead atoms. The Morgan fingerprint density at radius 2 is 1.52 bits per heavy atom. The SMILES string of the molecule is C[C@@H]1CN(c2ccc(C#Cc3ccc(F)cc3)cc2N)C[C@H](C)N1C. The van der Waals surface area contributed by atoms with Gasteiger partial charge in [-0.1, -0.05) is 11.8 Å². The summed E-state index contributed by atoms with van der Waals surface area (Å²) in [6.07, 6.45) is 0. The minimum Gasteiger partial charge on any atom is -0.397 e. The van der Waals surface area contributed by atoms with Crippen molar-refractivity contribution in [3.63, 3.8) is 0 Å². The highest BCUT2D eigenvalue weighted by atomic mass is 19.1. The topological polar surface area (TPSA) is 32.5 Å². The Morgan fingerprint density at radius 3 is 2.12 bits per heavy atom. The normalized spacial score (nSPS) is 20.9. The van der Waals surface area contributed by atoms with Crippen molar-refractivity contribution >= 4 is 11.4 Å². The molecule has 2 atom stereocenters. The minimum atomic E-state index is -0.255. The van der Waals surface area contributed by atoms with E-state index in [1.54, 1.807) is 12.1 Å². The zero-order valence-electron chi connectivity index (χ0n) is 15.0. The molecule has 25 heavy (non-hydrogen) atoms. The van der Waals surface area contributed by atoms with E-state index >= 15 is 0 Å². The minimum absolute atomic E-state index is 0.255. The maximum Gasteiger partial charge on any atom is 0.123 e. The number of likely N-dealkylation sites (N-methyl/N-ethyl adjacent to an activating group) is 1. The molecule has 1 aliphatic rings. The second-order valence-electron chi connectivity index (χ2n) is 6.80. The first-order chi connectivity index (χ1) is 11.9. The van der Waals surface area contributed by atoms with Gasteiger partial charge in [0, 0.05) is 36.3 Å². The van der Waals surface area contributed by atoms with Crippen molar-refractivity contribution in [3.8, 4) is 11.8 Å². The number of piperazine rings is 1. The number of nitrogens with two attached hydrogens (primary N) is 1. The number of nitrogens with zero attached hydrogens (tertiary/aromatic N) is 2. The molecule has 0 amide bonds. The van der Waals surface area contributed by atoms with Gasteiger partial charge < -0.3 is 10.6 Å².